The maximum Gasteiger partial charge on any atom is 1.00 e. The molecular weight excluding hydrogens is 328 g/mol. The Hall–Kier alpha value is 2.62. The van der Waals surface area contributed by atoms with Crippen molar-refractivity contribution in [3.05, 3.63) is 0 Å². The third-order valence-electron chi connectivity index (χ3n) is 0. The molecule has 0 amide bonds. The summed E-state index contributed by atoms with van der Waals surface area (Å²) in [5.41, 5.74) is 0. The number of hydrogen-bond acceptors (Lipinski definition) is 1. The van der Waals surface area contributed by atoms with Crippen molar-refractivity contribution >= 4 is 33.7 Å². The van der Waals surface area contributed by atoms with Crippen molar-refractivity contribution in [1.82, 2.24) is 0 Å². The Morgan fingerprint density at radius 3 is 1.22 bits per heavy atom. The van der Waals surface area contributed by atoms with Crippen LogP contribution in [0.15, 0.2) is 0 Å². The van der Waals surface area contributed by atoms with Crippen molar-refractivity contribution in [2.75, 3.05) is 0 Å². The minimum Gasteiger partial charge on any atom is 0 e. The van der Waals surface area contributed by atoms with Crippen molar-refractivity contribution in [2.24, 2.45) is 0 Å². The van der Waals surface area contributed by atoms with Crippen LogP contribution in [-0.4, -0.2) is 40.5 Å². The van der Waals surface area contributed by atoms with E-state index in [1.54, 1.807) is 0 Å². The molecule has 0 aliphatic heterocycles. The summed E-state index contributed by atoms with van der Waals surface area (Å²) >= 11 is 0. The van der Waals surface area contributed by atoms with Gasteiger partial charge in [0.1, 0.15) is 0 Å². The fourth-order valence-electron chi connectivity index (χ4n) is 0. The average Bonchev–Trinajstić information content (AvgIpc) is 0.722. The Labute approximate surface area is 106 Å². The van der Waals surface area contributed by atoms with Crippen LogP contribution in [0.2, 0.25) is 0 Å². The van der Waals surface area contributed by atoms with Crippen molar-refractivity contribution in [3.8, 4) is 0 Å². The molecule has 0 aromatic carbocycles. The van der Waals surface area contributed by atoms with Gasteiger partial charge in [-0.1, -0.05) is 0 Å². The molecule has 0 aliphatic rings. The summed E-state index contributed by atoms with van der Waals surface area (Å²) in [5.74, 6) is 0. The number of hydrogen-bond donors (Lipinski definition) is 3. The maximum absolute atomic E-state index is 8.88. The Balaban J connectivity index is -0.00000000800. The monoisotopic (exact) mass is 335 g/mol. The van der Waals surface area contributed by atoms with Gasteiger partial charge in [0.05, 0.1) is 0 Å². The molecule has 0 fully saturated rings. The van der Waals surface area contributed by atoms with Gasteiger partial charge in [-0.05, 0) is 0 Å². The summed E-state index contributed by atoms with van der Waals surface area (Å²) in [7, 11) is -4.64. The predicted octanol–water partition coefficient (Wildman–Crippen LogP) is -5.00. The molecule has 0 bridgehead atoms. The summed E-state index contributed by atoms with van der Waals surface area (Å²) in [6.07, 6.45) is 0. The Morgan fingerprint density at radius 2 is 1.22 bits per heavy atom. The van der Waals surface area contributed by atoms with Gasteiger partial charge < -0.3 is 16.1 Å². The van der Waals surface area contributed by atoms with E-state index in [1.165, 1.54) is 0 Å². The number of rotatable bonds is 0. The van der Waals surface area contributed by atoms with Crippen LogP contribution in [0.1, 0.15) is 1.43 Å². The average molecular weight is 335 g/mol. The zero-order valence-corrected chi connectivity index (χ0v) is 7.11. The molecule has 0 saturated carbocycles. The molecule has 0 aromatic rings. The molecule has 0 aliphatic carbocycles. The minimum absolute atomic E-state index is 0. The van der Waals surface area contributed by atoms with Crippen molar-refractivity contribution in [1.29, 1.82) is 0 Å². The Morgan fingerprint density at radius 1 is 1.22 bits per heavy atom. The van der Waals surface area contributed by atoms with Gasteiger partial charge in [0.25, 0.3) is 0 Å². The molecule has 1 radical (unpaired) electrons. The van der Waals surface area contributed by atoms with E-state index in [4.69, 9.17) is 19.2 Å². The molecule has 4 nitrogen and oxygen atoms in total. The fourth-order valence-corrected chi connectivity index (χ4v) is 0. The molecule has 0 aromatic heterocycles. The summed E-state index contributed by atoms with van der Waals surface area (Å²) in [4.78, 5) is 21.6. The maximum atomic E-state index is 8.88. The second-order valence-electron chi connectivity index (χ2n) is 0.513. The Kier molecular flexibility index (Phi) is 43.9. The minimum atomic E-state index is -4.64. The topological polar surface area (TPSA) is 77.8 Å². The Bertz CT molecular complexity index is 71.4. The van der Waals surface area contributed by atoms with Gasteiger partial charge in [-0.3, -0.25) is 0 Å². The molecule has 0 atom stereocenters. The third kappa shape index (κ3) is 115. The van der Waals surface area contributed by atoms with E-state index < -0.39 is 7.82 Å². The quantitative estimate of drug-likeness (QED) is 0.306. The summed E-state index contributed by atoms with van der Waals surface area (Å²) < 4.78 is 8.88. The molecule has 3 N–H and O–H groups in total. The van der Waals surface area contributed by atoms with Crippen molar-refractivity contribution in [2.45, 2.75) is 0 Å². The van der Waals surface area contributed by atoms with Crippen LogP contribution in [-0.2, 0) is 38.7 Å². The van der Waals surface area contributed by atoms with Gasteiger partial charge in [-0.2, -0.15) is 0 Å². The second kappa shape index (κ2) is 13.2. The smallest absolute Gasteiger partial charge is 0 e. The molecule has 55 valence electrons. The van der Waals surface area contributed by atoms with Gasteiger partial charge in [0, 0.05) is 34.1 Å². The van der Waals surface area contributed by atoms with E-state index in [2.05, 4.69) is 0 Å². The fraction of sp³-hybridized carbons (Fsp3) is 0. The summed E-state index contributed by atoms with van der Waals surface area (Å²) in [6.45, 7) is 0. The van der Waals surface area contributed by atoms with Crippen LogP contribution in [0.4, 0.5) is 0 Å². The normalized spacial score (nSPS) is 6.56. The molecule has 9 heavy (non-hydrogen) atoms. The SMILES string of the molecule is O=P(O)(O)O.[Fe].[H-].[InH3].[Li+].[Mn]. The molecular formula is H7FeInLiMnO4P. The molecule has 0 unspecified atom stereocenters. The first-order valence-corrected chi connectivity index (χ1v) is 2.35. The van der Waals surface area contributed by atoms with E-state index in [-0.39, 0.29) is 80.3 Å². The first kappa shape index (κ1) is 29.9. The van der Waals surface area contributed by atoms with E-state index in [0.29, 0.717) is 0 Å². The van der Waals surface area contributed by atoms with Gasteiger partial charge in [0.15, 0.2) is 0 Å². The van der Waals surface area contributed by atoms with Crippen molar-refractivity contribution < 1.29 is 73.7 Å². The van der Waals surface area contributed by atoms with Gasteiger partial charge in [-0.25, -0.2) is 4.57 Å². The van der Waals surface area contributed by atoms with E-state index >= 15 is 0 Å². The van der Waals surface area contributed by atoms with Crippen LogP contribution in [0.3, 0.4) is 0 Å². The van der Waals surface area contributed by atoms with Gasteiger partial charge in [0.2, 0.25) is 0 Å². The van der Waals surface area contributed by atoms with Gasteiger partial charge >= 0.3 is 52.5 Å². The standard InChI is InChI=1S/Fe.In.Li.Mn.H3O4P.4H/c;;;;1-5(2,3)4;;;;/h;;;;(H3,1,2,3,4);;;;/q;;+1;;;;;;-1. The molecule has 0 rings (SSSR count). The van der Waals surface area contributed by atoms with Crippen LogP contribution in [0.25, 0.3) is 0 Å². The molecule has 0 heterocycles. The van der Waals surface area contributed by atoms with Crippen molar-refractivity contribution in [3.63, 3.8) is 0 Å². The van der Waals surface area contributed by atoms with Gasteiger partial charge in [-0.15, -0.1) is 0 Å². The predicted molar refractivity (Wildman–Crippen MR) is 25.3 cm³/mol. The molecule has 0 saturated heterocycles. The van der Waals surface area contributed by atoms with Crippen LogP contribution in [0.5, 0.6) is 0 Å². The van der Waals surface area contributed by atoms with E-state index in [9.17, 15) is 0 Å². The van der Waals surface area contributed by atoms with E-state index in [0.717, 1.165) is 0 Å². The second-order valence-corrected chi connectivity index (χ2v) is 1.54. The van der Waals surface area contributed by atoms with Crippen LogP contribution >= 0.6 is 7.82 Å². The zero-order chi connectivity index (χ0) is 4.50. The largest absolute Gasteiger partial charge is 1.00 e. The zero-order valence-electron chi connectivity index (χ0n) is 4.93. The molecule has 9 heteroatoms. The summed E-state index contributed by atoms with van der Waals surface area (Å²) in [6, 6.07) is 0. The molecule has 0 spiro atoms. The first-order valence-electron chi connectivity index (χ1n) is 0.783. The third-order valence-corrected chi connectivity index (χ3v) is 0. The van der Waals surface area contributed by atoms with Crippen LogP contribution < -0.4 is 18.9 Å². The van der Waals surface area contributed by atoms with E-state index in [1.807, 2.05) is 0 Å². The number of phosphoric acid groups is 1. The van der Waals surface area contributed by atoms with Crippen LogP contribution in [0, 0.1) is 0 Å². The first-order chi connectivity index (χ1) is 2.00. The summed E-state index contributed by atoms with van der Waals surface area (Å²) in [5, 5.41) is 0.